The molecule has 104 valence electrons. The van der Waals surface area contributed by atoms with Gasteiger partial charge in [-0.2, -0.15) is 0 Å². The van der Waals surface area contributed by atoms with Gasteiger partial charge in [0.1, 0.15) is 0 Å². The Morgan fingerprint density at radius 3 is 1.94 bits per heavy atom. The Morgan fingerprint density at radius 1 is 1.06 bits per heavy atom. The van der Waals surface area contributed by atoms with Gasteiger partial charge in [0.25, 0.3) is 0 Å². The zero-order valence-electron chi connectivity index (χ0n) is 12.5. The van der Waals surface area contributed by atoms with Gasteiger partial charge in [-0.05, 0) is 39.0 Å². The van der Waals surface area contributed by atoms with E-state index in [-0.39, 0.29) is 29.5 Å². The standard InChI is InChI=1S/C13H29N3.HI/c1-12(2,3)9-8-10-15-11(14-7)16-13(4,5)6;/h8-10H2,1-7H3,(H2,14,15,16);1H. The second kappa shape index (κ2) is 8.16. The molecule has 0 aromatic rings. The lowest BCUT2D eigenvalue weighted by atomic mass is 9.91. The monoisotopic (exact) mass is 355 g/mol. The van der Waals surface area contributed by atoms with Gasteiger partial charge in [-0.3, -0.25) is 4.99 Å². The van der Waals surface area contributed by atoms with Crippen LogP contribution >= 0.6 is 24.0 Å². The fraction of sp³-hybridized carbons (Fsp3) is 0.923. The molecule has 2 N–H and O–H groups in total. The number of hydrogen-bond donors (Lipinski definition) is 2. The summed E-state index contributed by atoms with van der Waals surface area (Å²) in [6.45, 7) is 14.2. The van der Waals surface area contributed by atoms with E-state index in [0.717, 1.165) is 12.5 Å². The highest BCUT2D eigenvalue weighted by Gasteiger charge is 2.12. The fourth-order valence-electron chi connectivity index (χ4n) is 1.36. The molecule has 0 atom stereocenters. The highest BCUT2D eigenvalue weighted by Crippen LogP contribution is 2.19. The van der Waals surface area contributed by atoms with Crippen molar-refractivity contribution in [2.75, 3.05) is 13.6 Å². The van der Waals surface area contributed by atoms with E-state index in [2.05, 4.69) is 57.2 Å². The molecular formula is C13H30IN3. The maximum absolute atomic E-state index is 4.20. The number of nitrogens with zero attached hydrogens (tertiary/aromatic N) is 1. The molecule has 0 aliphatic carbocycles. The molecule has 0 spiro atoms. The molecule has 0 heterocycles. The van der Waals surface area contributed by atoms with E-state index in [1.807, 2.05) is 7.05 Å². The number of nitrogens with one attached hydrogen (secondary N) is 2. The van der Waals surface area contributed by atoms with E-state index < -0.39 is 0 Å². The summed E-state index contributed by atoms with van der Waals surface area (Å²) >= 11 is 0. The van der Waals surface area contributed by atoms with Crippen molar-refractivity contribution in [3.63, 3.8) is 0 Å². The predicted octanol–water partition coefficient (Wildman–Crippen LogP) is 3.39. The van der Waals surface area contributed by atoms with Gasteiger partial charge in [0.2, 0.25) is 0 Å². The largest absolute Gasteiger partial charge is 0.356 e. The Kier molecular flexibility index (Phi) is 9.29. The molecule has 4 heteroatoms. The van der Waals surface area contributed by atoms with E-state index in [0.29, 0.717) is 5.41 Å². The summed E-state index contributed by atoms with van der Waals surface area (Å²) in [5, 5.41) is 6.68. The van der Waals surface area contributed by atoms with E-state index >= 15 is 0 Å². The molecule has 0 aliphatic heterocycles. The van der Waals surface area contributed by atoms with Gasteiger partial charge in [0.05, 0.1) is 0 Å². The normalized spacial score (nSPS) is 13.0. The average molecular weight is 355 g/mol. The molecule has 0 amide bonds. The lowest BCUT2D eigenvalue weighted by molar-refractivity contribution is 0.364. The van der Waals surface area contributed by atoms with Crippen LogP contribution in [-0.2, 0) is 0 Å². The minimum atomic E-state index is 0. The van der Waals surface area contributed by atoms with Crippen LogP contribution in [0.25, 0.3) is 0 Å². The summed E-state index contributed by atoms with van der Waals surface area (Å²) in [5.41, 5.74) is 0.481. The summed E-state index contributed by atoms with van der Waals surface area (Å²) in [6, 6.07) is 0. The van der Waals surface area contributed by atoms with Crippen molar-refractivity contribution in [1.29, 1.82) is 0 Å². The number of aliphatic imine (C=N–C) groups is 1. The molecule has 0 saturated carbocycles. The lowest BCUT2D eigenvalue weighted by Gasteiger charge is -2.24. The molecule has 0 fully saturated rings. The van der Waals surface area contributed by atoms with Crippen LogP contribution in [0.5, 0.6) is 0 Å². The first-order valence-corrected chi connectivity index (χ1v) is 6.13. The maximum Gasteiger partial charge on any atom is 0.191 e. The quantitative estimate of drug-likeness (QED) is 0.352. The molecule has 17 heavy (non-hydrogen) atoms. The molecule has 0 radical (unpaired) electrons. The van der Waals surface area contributed by atoms with Gasteiger partial charge in [-0.1, -0.05) is 20.8 Å². The molecule has 0 saturated heterocycles. The molecule has 0 bridgehead atoms. The molecule has 0 rings (SSSR count). The Bertz CT molecular complexity index is 224. The van der Waals surface area contributed by atoms with Crippen LogP contribution in [0.15, 0.2) is 4.99 Å². The van der Waals surface area contributed by atoms with Gasteiger partial charge in [-0.25, -0.2) is 0 Å². The van der Waals surface area contributed by atoms with Gasteiger partial charge < -0.3 is 10.6 Å². The second-order valence-corrected chi connectivity index (χ2v) is 6.54. The zero-order valence-corrected chi connectivity index (χ0v) is 14.8. The fourth-order valence-corrected chi connectivity index (χ4v) is 1.36. The van der Waals surface area contributed by atoms with Crippen LogP contribution in [-0.4, -0.2) is 25.1 Å². The zero-order chi connectivity index (χ0) is 12.8. The van der Waals surface area contributed by atoms with Gasteiger partial charge in [-0.15, -0.1) is 24.0 Å². The first kappa shape index (κ1) is 19.3. The summed E-state index contributed by atoms with van der Waals surface area (Å²) < 4.78 is 0. The number of halogens is 1. The summed E-state index contributed by atoms with van der Waals surface area (Å²) in [7, 11) is 1.81. The van der Waals surface area contributed by atoms with Gasteiger partial charge >= 0.3 is 0 Å². The molecule has 0 aromatic heterocycles. The van der Waals surface area contributed by atoms with E-state index in [1.165, 1.54) is 12.8 Å². The number of rotatable bonds is 3. The third-order valence-corrected chi connectivity index (χ3v) is 2.11. The predicted molar refractivity (Wildman–Crippen MR) is 88.4 cm³/mol. The van der Waals surface area contributed by atoms with Crippen LogP contribution < -0.4 is 10.6 Å². The highest BCUT2D eigenvalue weighted by atomic mass is 127. The van der Waals surface area contributed by atoms with Crippen LogP contribution in [0.3, 0.4) is 0 Å². The van der Waals surface area contributed by atoms with E-state index in [1.54, 1.807) is 0 Å². The van der Waals surface area contributed by atoms with Crippen molar-refractivity contribution in [2.45, 2.75) is 59.9 Å². The van der Waals surface area contributed by atoms with Crippen LogP contribution in [0.2, 0.25) is 0 Å². The van der Waals surface area contributed by atoms with Crippen LogP contribution in [0.4, 0.5) is 0 Å². The van der Waals surface area contributed by atoms with Gasteiger partial charge in [0.15, 0.2) is 5.96 Å². The van der Waals surface area contributed by atoms with Crippen molar-refractivity contribution in [3.05, 3.63) is 0 Å². The van der Waals surface area contributed by atoms with Crippen molar-refractivity contribution in [1.82, 2.24) is 10.6 Å². The van der Waals surface area contributed by atoms with Crippen molar-refractivity contribution >= 4 is 29.9 Å². The average Bonchev–Trinajstić information content (AvgIpc) is 2.06. The van der Waals surface area contributed by atoms with E-state index in [9.17, 15) is 0 Å². The Balaban J connectivity index is 0. The van der Waals surface area contributed by atoms with Crippen molar-refractivity contribution in [3.8, 4) is 0 Å². The van der Waals surface area contributed by atoms with Crippen LogP contribution in [0.1, 0.15) is 54.4 Å². The number of guanidine groups is 1. The first-order valence-electron chi connectivity index (χ1n) is 6.13. The Morgan fingerprint density at radius 2 is 1.59 bits per heavy atom. The van der Waals surface area contributed by atoms with Crippen molar-refractivity contribution < 1.29 is 0 Å². The van der Waals surface area contributed by atoms with E-state index in [4.69, 9.17) is 0 Å². The topological polar surface area (TPSA) is 36.4 Å². The number of hydrogen-bond acceptors (Lipinski definition) is 1. The van der Waals surface area contributed by atoms with Crippen LogP contribution in [0, 0.1) is 5.41 Å². The summed E-state index contributed by atoms with van der Waals surface area (Å²) in [6.07, 6.45) is 2.40. The first-order chi connectivity index (χ1) is 7.14. The Hall–Kier alpha value is 0. The van der Waals surface area contributed by atoms with Crippen molar-refractivity contribution in [2.24, 2.45) is 10.4 Å². The molecule has 3 nitrogen and oxygen atoms in total. The third kappa shape index (κ3) is 13.9. The lowest BCUT2D eigenvalue weighted by Crippen LogP contribution is -2.47. The summed E-state index contributed by atoms with van der Waals surface area (Å²) in [4.78, 5) is 4.20. The third-order valence-electron chi connectivity index (χ3n) is 2.11. The molecular weight excluding hydrogens is 325 g/mol. The minimum Gasteiger partial charge on any atom is -0.356 e. The maximum atomic E-state index is 4.20. The molecule has 0 aliphatic rings. The SMILES string of the molecule is CN=C(NCCCC(C)(C)C)NC(C)(C)C.I. The molecule has 0 unspecified atom stereocenters. The smallest absolute Gasteiger partial charge is 0.191 e. The van der Waals surface area contributed by atoms with Gasteiger partial charge in [0, 0.05) is 19.1 Å². The second-order valence-electron chi connectivity index (χ2n) is 6.54. The molecule has 0 aromatic carbocycles. The summed E-state index contributed by atoms with van der Waals surface area (Å²) in [5.74, 6) is 0.890. The Labute approximate surface area is 124 Å². The highest BCUT2D eigenvalue weighted by molar-refractivity contribution is 14.0. The minimum absolute atomic E-state index is 0.